The first kappa shape index (κ1) is 9.76. The summed E-state index contributed by atoms with van der Waals surface area (Å²) in [5, 5.41) is 3.11. The number of aromatic nitrogens is 1. The molecule has 0 spiro atoms. The number of nitrogens with zero attached hydrogens (tertiary/aromatic N) is 2. The highest BCUT2D eigenvalue weighted by Crippen LogP contribution is 2.19. The number of carbonyl (C=O) groups excluding carboxylic acids is 1. The van der Waals surface area contributed by atoms with E-state index in [0.29, 0.717) is 5.82 Å². The van der Waals surface area contributed by atoms with Gasteiger partial charge in [-0.15, -0.1) is 0 Å². The zero-order valence-corrected chi connectivity index (χ0v) is 8.60. The Morgan fingerprint density at radius 2 is 2.47 bits per heavy atom. The smallest absolute Gasteiger partial charge is 0.244 e. The highest BCUT2D eigenvalue weighted by Gasteiger charge is 2.29. The molecule has 0 bridgehead atoms. The highest BCUT2D eigenvalue weighted by molar-refractivity contribution is 5.87. The van der Waals surface area contributed by atoms with Gasteiger partial charge in [0, 0.05) is 19.8 Å². The number of nitrogens with one attached hydrogen (secondary N) is 1. The van der Waals surface area contributed by atoms with Crippen LogP contribution in [-0.4, -0.2) is 35.4 Å². The lowest BCUT2D eigenvalue weighted by atomic mass is 10.2. The molecule has 1 aromatic heterocycles. The molecule has 0 aromatic carbocycles. The Morgan fingerprint density at radius 3 is 3.07 bits per heavy atom. The molecule has 1 aliphatic rings. The van der Waals surface area contributed by atoms with Gasteiger partial charge in [-0.3, -0.25) is 4.79 Å². The van der Waals surface area contributed by atoms with Crippen molar-refractivity contribution < 1.29 is 4.79 Å². The van der Waals surface area contributed by atoms with Gasteiger partial charge in [0.1, 0.15) is 11.9 Å². The van der Waals surface area contributed by atoms with Gasteiger partial charge in [0.25, 0.3) is 0 Å². The topological polar surface area (TPSA) is 71.2 Å². The first-order valence-corrected chi connectivity index (χ1v) is 4.90. The minimum Gasteiger partial charge on any atom is -0.382 e. The first-order chi connectivity index (χ1) is 7.18. The Hall–Kier alpha value is -1.78. The molecule has 1 amide bonds. The van der Waals surface area contributed by atoms with Crippen molar-refractivity contribution in [3.05, 3.63) is 18.3 Å². The molecule has 1 atom stereocenters. The average Bonchev–Trinajstić information content (AvgIpc) is 2.53. The number of nitrogens with two attached hydrogens (primary N) is 1. The minimum absolute atomic E-state index is 0.109. The summed E-state index contributed by atoms with van der Waals surface area (Å²) in [6, 6.07) is 3.46. The minimum atomic E-state index is -0.165. The van der Waals surface area contributed by atoms with Gasteiger partial charge in [0.15, 0.2) is 0 Å². The maximum atomic E-state index is 11.6. The standard InChI is InChI=1S/C10H14N4O/c1-14-6-4-8(10(14)15)13-7-3-2-5-12-9(7)11/h2-3,5,8,13H,4,6H2,1H3,(H2,11,12). The third-order valence-electron chi connectivity index (χ3n) is 2.60. The third-order valence-corrected chi connectivity index (χ3v) is 2.60. The van der Waals surface area contributed by atoms with Crippen molar-refractivity contribution in [2.45, 2.75) is 12.5 Å². The van der Waals surface area contributed by atoms with Crippen LogP contribution in [0.25, 0.3) is 0 Å². The number of nitrogen functional groups attached to an aromatic ring is 1. The van der Waals surface area contributed by atoms with Crippen LogP contribution in [0.2, 0.25) is 0 Å². The van der Waals surface area contributed by atoms with E-state index in [4.69, 9.17) is 5.73 Å². The molecule has 1 aliphatic heterocycles. The Morgan fingerprint density at radius 1 is 1.67 bits per heavy atom. The molecule has 0 radical (unpaired) electrons. The van der Waals surface area contributed by atoms with E-state index in [1.807, 2.05) is 6.07 Å². The van der Waals surface area contributed by atoms with Crippen molar-refractivity contribution in [1.29, 1.82) is 0 Å². The Bertz CT molecular complexity index is 379. The summed E-state index contributed by atoms with van der Waals surface area (Å²) in [5.74, 6) is 0.540. The predicted molar refractivity (Wildman–Crippen MR) is 58.3 cm³/mol. The molecule has 1 unspecified atom stereocenters. The van der Waals surface area contributed by atoms with Crippen LogP contribution in [0.4, 0.5) is 11.5 Å². The number of likely N-dealkylation sites (N-methyl/N-ethyl adjacent to an activating group) is 1. The van der Waals surface area contributed by atoms with E-state index >= 15 is 0 Å². The molecular formula is C10H14N4O. The van der Waals surface area contributed by atoms with Gasteiger partial charge in [-0.25, -0.2) is 4.98 Å². The lowest BCUT2D eigenvalue weighted by Gasteiger charge is -2.14. The van der Waals surface area contributed by atoms with Crippen molar-refractivity contribution >= 4 is 17.4 Å². The van der Waals surface area contributed by atoms with Crippen molar-refractivity contribution in [2.75, 3.05) is 24.6 Å². The van der Waals surface area contributed by atoms with Crippen LogP contribution in [0.3, 0.4) is 0 Å². The van der Waals surface area contributed by atoms with E-state index in [-0.39, 0.29) is 11.9 Å². The summed E-state index contributed by atoms with van der Waals surface area (Å²) in [6.45, 7) is 0.788. The zero-order chi connectivity index (χ0) is 10.8. The summed E-state index contributed by atoms with van der Waals surface area (Å²) in [4.78, 5) is 17.3. The van der Waals surface area contributed by atoms with Gasteiger partial charge in [-0.2, -0.15) is 0 Å². The van der Waals surface area contributed by atoms with Gasteiger partial charge in [-0.1, -0.05) is 0 Å². The summed E-state index contributed by atoms with van der Waals surface area (Å²) in [5.41, 5.74) is 6.41. The number of likely N-dealkylation sites (tertiary alicyclic amines) is 1. The fourth-order valence-corrected chi connectivity index (χ4v) is 1.68. The van der Waals surface area contributed by atoms with Crippen molar-refractivity contribution in [2.24, 2.45) is 0 Å². The van der Waals surface area contributed by atoms with E-state index in [2.05, 4.69) is 10.3 Å². The average molecular weight is 206 g/mol. The van der Waals surface area contributed by atoms with E-state index in [1.54, 1.807) is 24.2 Å². The number of anilines is 2. The molecular weight excluding hydrogens is 192 g/mol. The zero-order valence-electron chi connectivity index (χ0n) is 8.60. The molecule has 0 saturated carbocycles. The lowest BCUT2D eigenvalue weighted by molar-refractivity contribution is -0.127. The van der Waals surface area contributed by atoms with E-state index in [0.717, 1.165) is 18.7 Å². The van der Waals surface area contributed by atoms with Crippen LogP contribution in [0, 0.1) is 0 Å². The van der Waals surface area contributed by atoms with Gasteiger partial charge < -0.3 is 16.0 Å². The van der Waals surface area contributed by atoms with Crippen molar-refractivity contribution in [1.82, 2.24) is 9.88 Å². The Labute approximate surface area is 88.3 Å². The Kier molecular flexibility index (Phi) is 2.45. The van der Waals surface area contributed by atoms with E-state index in [1.165, 1.54) is 0 Å². The molecule has 5 nitrogen and oxygen atoms in total. The summed E-state index contributed by atoms with van der Waals surface area (Å²) >= 11 is 0. The highest BCUT2D eigenvalue weighted by atomic mass is 16.2. The SMILES string of the molecule is CN1CCC(Nc2cccnc2N)C1=O. The monoisotopic (exact) mass is 206 g/mol. The summed E-state index contributed by atoms with van der Waals surface area (Å²) in [6.07, 6.45) is 2.44. The number of hydrogen-bond donors (Lipinski definition) is 2. The fraction of sp³-hybridized carbons (Fsp3) is 0.400. The molecule has 1 fully saturated rings. The Balaban J connectivity index is 2.10. The molecule has 5 heteroatoms. The van der Waals surface area contributed by atoms with Crippen molar-refractivity contribution in [3.8, 4) is 0 Å². The molecule has 0 aliphatic carbocycles. The van der Waals surface area contributed by atoms with Crippen LogP contribution in [0.5, 0.6) is 0 Å². The molecule has 2 rings (SSSR count). The van der Waals surface area contributed by atoms with E-state index in [9.17, 15) is 4.79 Å². The fourth-order valence-electron chi connectivity index (χ4n) is 1.68. The lowest BCUT2D eigenvalue weighted by Crippen LogP contribution is -2.31. The van der Waals surface area contributed by atoms with Crippen LogP contribution < -0.4 is 11.1 Å². The second-order valence-electron chi connectivity index (χ2n) is 3.68. The second-order valence-corrected chi connectivity index (χ2v) is 3.68. The van der Waals surface area contributed by atoms with Crippen molar-refractivity contribution in [3.63, 3.8) is 0 Å². The van der Waals surface area contributed by atoms with Gasteiger partial charge in [-0.05, 0) is 18.6 Å². The number of hydrogen-bond acceptors (Lipinski definition) is 4. The quantitative estimate of drug-likeness (QED) is 0.730. The summed E-state index contributed by atoms with van der Waals surface area (Å²) in [7, 11) is 1.80. The molecule has 1 saturated heterocycles. The summed E-state index contributed by atoms with van der Waals surface area (Å²) < 4.78 is 0. The van der Waals surface area contributed by atoms with Gasteiger partial charge in [0.05, 0.1) is 5.69 Å². The maximum absolute atomic E-state index is 11.6. The first-order valence-electron chi connectivity index (χ1n) is 4.90. The molecule has 3 N–H and O–H groups in total. The van der Waals surface area contributed by atoms with Crippen LogP contribution >= 0.6 is 0 Å². The van der Waals surface area contributed by atoms with Gasteiger partial charge in [0.2, 0.25) is 5.91 Å². The number of rotatable bonds is 2. The molecule has 15 heavy (non-hydrogen) atoms. The number of carbonyl (C=O) groups is 1. The maximum Gasteiger partial charge on any atom is 0.244 e. The molecule has 1 aromatic rings. The second kappa shape index (κ2) is 3.76. The molecule has 80 valence electrons. The molecule has 2 heterocycles. The van der Waals surface area contributed by atoms with Crippen LogP contribution in [-0.2, 0) is 4.79 Å². The van der Waals surface area contributed by atoms with E-state index < -0.39 is 0 Å². The third kappa shape index (κ3) is 1.86. The van der Waals surface area contributed by atoms with Gasteiger partial charge >= 0.3 is 0 Å². The van der Waals surface area contributed by atoms with Crippen LogP contribution in [0.1, 0.15) is 6.42 Å². The predicted octanol–water partition coefficient (Wildman–Crippen LogP) is 0.306. The number of amides is 1. The normalized spacial score (nSPS) is 20.7. The number of pyridine rings is 1. The largest absolute Gasteiger partial charge is 0.382 e. The van der Waals surface area contributed by atoms with Crippen LogP contribution in [0.15, 0.2) is 18.3 Å².